The van der Waals surface area contributed by atoms with E-state index < -0.39 is 24.5 Å². The summed E-state index contributed by atoms with van der Waals surface area (Å²) in [5.74, 6) is -1.05. The zero-order chi connectivity index (χ0) is 21.0. The second kappa shape index (κ2) is 8.41. The zero-order valence-electron chi connectivity index (χ0n) is 16.9. The Morgan fingerprint density at radius 1 is 1.04 bits per heavy atom. The van der Waals surface area contributed by atoms with E-state index in [9.17, 15) is 19.5 Å². The predicted octanol–water partition coefficient (Wildman–Crippen LogP) is 2.66. The number of imide groups is 1. The van der Waals surface area contributed by atoms with Crippen molar-refractivity contribution in [3.63, 3.8) is 0 Å². The molecule has 0 bridgehead atoms. The van der Waals surface area contributed by atoms with E-state index >= 15 is 0 Å². The van der Waals surface area contributed by atoms with Gasteiger partial charge in [0.15, 0.2) is 6.61 Å². The number of carbonyl (C=O) groups excluding carboxylic acids is 3. The van der Waals surface area contributed by atoms with Gasteiger partial charge < -0.3 is 15.6 Å². The number of phenols is 1. The summed E-state index contributed by atoms with van der Waals surface area (Å²) in [7, 11) is 0. The van der Waals surface area contributed by atoms with Gasteiger partial charge in [0.25, 0.3) is 5.91 Å². The molecule has 1 aromatic carbocycles. The molecular formula is C20H30N2O5. The van der Waals surface area contributed by atoms with Crippen LogP contribution in [0.5, 0.6) is 5.75 Å². The summed E-state index contributed by atoms with van der Waals surface area (Å²) in [4.78, 5) is 33.7. The van der Waals surface area contributed by atoms with E-state index in [-0.39, 0.29) is 23.0 Å². The molecule has 27 heavy (non-hydrogen) atoms. The second-order valence-corrected chi connectivity index (χ2v) is 8.61. The molecule has 3 amide bonds. The van der Waals surface area contributed by atoms with Crippen LogP contribution >= 0.6 is 0 Å². The molecule has 0 spiro atoms. The van der Waals surface area contributed by atoms with Crippen LogP contribution in [0.15, 0.2) is 12.1 Å². The number of aryl methyl sites for hydroxylation is 1. The standard InChI is InChI=1S/C20H30N2O5/c1-19(2,3)13-9-12(10-14(17(13)25)20(4,5)6)7-8-16(24)27-11-15(23)22-18(21)26/h9-10,25H,7-8,11H2,1-6H3,(H3,21,22,23,26). The molecule has 0 heterocycles. The summed E-state index contributed by atoms with van der Waals surface area (Å²) in [6.07, 6.45) is 0.477. The highest BCUT2D eigenvalue weighted by Crippen LogP contribution is 2.39. The minimum absolute atomic E-state index is 0.0712. The van der Waals surface area contributed by atoms with Crippen LogP contribution in [-0.2, 0) is 31.6 Å². The van der Waals surface area contributed by atoms with Crippen molar-refractivity contribution < 1.29 is 24.2 Å². The molecule has 0 aromatic heterocycles. The molecule has 7 heteroatoms. The Kier molecular flexibility index (Phi) is 7.00. The van der Waals surface area contributed by atoms with Gasteiger partial charge in [-0.05, 0) is 33.9 Å². The molecule has 0 aliphatic rings. The smallest absolute Gasteiger partial charge is 0.318 e. The number of hydrogen-bond acceptors (Lipinski definition) is 5. The first-order valence-electron chi connectivity index (χ1n) is 8.83. The van der Waals surface area contributed by atoms with E-state index in [1.165, 1.54) is 0 Å². The Morgan fingerprint density at radius 3 is 1.93 bits per heavy atom. The average molecular weight is 378 g/mol. The maximum Gasteiger partial charge on any atom is 0.318 e. The third-order valence-electron chi connectivity index (χ3n) is 4.03. The Hall–Kier alpha value is -2.57. The molecule has 0 saturated carbocycles. The molecule has 150 valence electrons. The molecule has 0 aliphatic carbocycles. The molecule has 0 aliphatic heterocycles. The van der Waals surface area contributed by atoms with E-state index in [0.29, 0.717) is 6.42 Å². The molecule has 4 N–H and O–H groups in total. The van der Waals surface area contributed by atoms with Gasteiger partial charge in [-0.15, -0.1) is 0 Å². The quantitative estimate of drug-likeness (QED) is 0.681. The van der Waals surface area contributed by atoms with Crippen molar-refractivity contribution in [3.8, 4) is 5.75 Å². The van der Waals surface area contributed by atoms with Crippen LogP contribution < -0.4 is 11.1 Å². The summed E-state index contributed by atoms with van der Waals surface area (Å²) < 4.78 is 4.84. The van der Waals surface area contributed by atoms with E-state index in [1.54, 1.807) is 0 Å². The fourth-order valence-corrected chi connectivity index (χ4v) is 2.62. The average Bonchev–Trinajstić information content (AvgIpc) is 2.48. The molecular weight excluding hydrogens is 348 g/mol. The van der Waals surface area contributed by atoms with Crippen LogP contribution in [-0.4, -0.2) is 29.6 Å². The van der Waals surface area contributed by atoms with Gasteiger partial charge >= 0.3 is 12.0 Å². The Bertz CT molecular complexity index is 692. The monoisotopic (exact) mass is 378 g/mol. The molecule has 0 unspecified atom stereocenters. The lowest BCUT2D eigenvalue weighted by Gasteiger charge is -2.28. The van der Waals surface area contributed by atoms with Crippen LogP contribution in [0.1, 0.15) is 64.7 Å². The van der Waals surface area contributed by atoms with Crippen LogP contribution in [0, 0.1) is 0 Å². The first kappa shape index (κ1) is 22.5. The fourth-order valence-electron chi connectivity index (χ4n) is 2.62. The molecule has 0 atom stereocenters. The number of urea groups is 1. The summed E-state index contributed by atoms with van der Waals surface area (Å²) in [6.45, 7) is 11.5. The summed E-state index contributed by atoms with van der Waals surface area (Å²) in [5.41, 5.74) is 6.84. The van der Waals surface area contributed by atoms with Crippen LogP contribution in [0.3, 0.4) is 0 Å². The van der Waals surface area contributed by atoms with Crippen LogP contribution in [0.2, 0.25) is 0 Å². The summed E-state index contributed by atoms with van der Waals surface area (Å²) in [6, 6.07) is 2.81. The normalized spacial score (nSPS) is 11.8. The van der Waals surface area contributed by atoms with E-state index in [0.717, 1.165) is 16.7 Å². The van der Waals surface area contributed by atoms with E-state index in [2.05, 4.69) is 0 Å². The maximum atomic E-state index is 11.9. The molecule has 0 fully saturated rings. The topological polar surface area (TPSA) is 119 Å². The first-order valence-corrected chi connectivity index (χ1v) is 8.83. The summed E-state index contributed by atoms with van der Waals surface area (Å²) in [5, 5.41) is 12.5. The van der Waals surface area contributed by atoms with Crippen LogP contribution in [0.25, 0.3) is 0 Å². The Labute approximate surface area is 160 Å². The number of aromatic hydroxyl groups is 1. The van der Waals surface area contributed by atoms with E-state index in [1.807, 2.05) is 59.0 Å². The number of nitrogens with one attached hydrogen (secondary N) is 1. The predicted molar refractivity (Wildman–Crippen MR) is 103 cm³/mol. The van der Waals surface area contributed by atoms with Crippen LogP contribution in [0.4, 0.5) is 4.79 Å². The van der Waals surface area contributed by atoms with Crippen molar-refractivity contribution in [1.29, 1.82) is 0 Å². The van der Waals surface area contributed by atoms with Gasteiger partial charge in [0.1, 0.15) is 5.75 Å². The van der Waals surface area contributed by atoms with Crippen molar-refractivity contribution in [1.82, 2.24) is 5.32 Å². The lowest BCUT2D eigenvalue weighted by molar-refractivity contribution is -0.148. The third kappa shape index (κ3) is 6.92. The molecule has 1 aromatic rings. The van der Waals surface area contributed by atoms with Gasteiger partial charge in [-0.1, -0.05) is 53.7 Å². The molecule has 1 rings (SSSR count). The van der Waals surface area contributed by atoms with Gasteiger partial charge in [0, 0.05) is 6.42 Å². The highest BCUT2D eigenvalue weighted by molar-refractivity contribution is 5.94. The lowest BCUT2D eigenvalue weighted by atomic mass is 9.78. The SMILES string of the molecule is CC(C)(C)c1cc(CCC(=O)OCC(=O)NC(N)=O)cc(C(C)(C)C)c1O. The van der Waals surface area contributed by atoms with Gasteiger partial charge in [-0.25, -0.2) is 4.79 Å². The Balaban J connectivity index is 2.90. The van der Waals surface area contributed by atoms with Crippen molar-refractivity contribution in [2.45, 2.75) is 65.2 Å². The number of rotatable bonds is 5. The van der Waals surface area contributed by atoms with Crippen molar-refractivity contribution >= 4 is 17.9 Å². The van der Waals surface area contributed by atoms with E-state index in [4.69, 9.17) is 10.5 Å². The first-order chi connectivity index (χ1) is 12.2. The number of amides is 3. The Morgan fingerprint density at radius 2 is 1.52 bits per heavy atom. The number of phenolic OH excluding ortho intramolecular Hbond substituents is 1. The van der Waals surface area contributed by atoms with Gasteiger partial charge in [0.2, 0.25) is 0 Å². The lowest BCUT2D eigenvalue weighted by Crippen LogP contribution is -2.37. The highest BCUT2D eigenvalue weighted by atomic mass is 16.5. The molecule has 0 saturated heterocycles. The number of ether oxygens (including phenoxy) is 1. The number of hydrogen-bond donors (Lipinski definition) is 3. The second-order valence-electron chi connectivity index (χ2n) is 8.61. The van der Waals surface area contributed by atoms with Crippen molar-refractivity contribution in [3.05, 3.63) is 28.8 Å². The largest absolute Gasteiger partial charge is 0.507 e. The number of esters is 1. The summed E-state index contributed by atoms with van der Waals surface area (Å²) >= 11 is 0. The molecule has 7 nitrogen and oxygen atoms in total. The fraction of sp³-hybridized carbons (Fsp3) is 0.550. The van der Waals surface area contributed by atoms with Crippen molar-refractivity contribution in [2.75, 3.05) is 6.61 Å². The maximum absolute atomic E-state index is 11.9. The number of primary amides is 1. The van der Waals surface area contributed by atoms with Crippen molar-refractivity contribution in [2.24, 2.45) is 5.73 Å². The number of nitrogens with two attached hydrogens (primary N) is 1. The van der Waals surface area contributed by atoms with Gasteiger partial charge in [0.05, 0.1) is 0 Å². The minimum Gasteiger partial charge on any atom is -0.507 e. The molecule has 0 radical (unpaired) electrons. The highest BCUT2D eigenvalue weighted by Gasteiger charge is 2.26. The third-order valence-corrected chi connectivity index (χ3v) is 4.03. The number of carbonyl (C=O) groups is 3. The van der Waals surface area contributed by atoms with Gasteiger partial charge in [-0.2, -0.15) is 0 Å². The zero-order valence-corrected chi connectivity index (χ0v) is 16.9. The van der Waals surface area contributed by atoms with Gasteiger partial charge in [-0.3, -0.25) is 14.9 Å². The minimum atomic E-state index is -0.996. The number of benzene rings is 1.